The molecule has 65 heavy (non-hydrogen) atoms. The van der Waals surface area contributed by atoms with Crippen molar-refractivity contribution in [2.24, 2.45) is 22.9 Å². The van der Waals surface area contributed by atoms with Crippen LogP contribution in [0, 0.1) is 27.9 Å². The normalized spacial score (nSPS) is 22.9. The molecule has 1 saturated carbocycles. The first kappa shape index (κ1) is 46.9. The van der Waals surface area contributed by atoms with E-state index in [1.807, 2.05) is 75.4 Å². The topological polar surface area (TPSA) is 153 Å². The molecule has 12 heteroatoms. The van der Waals surface area contributed by atoms with Gasteiger partial charge in [-0.1, -0.05) is 72.6 Å². The molecule has 1 amide bonds. The first-order chi connectivity index (χ1) is 31.3. The smallest absolute Gasteiger partial charge is 0.269 e. The lowest BCUT2D eigenvalue weighted by Crippen LogP contribution is -2.69. The third kappa shape index (κ3) is 10.7. The Bertz CT molecular complexity index is 2370. The number of allylic oxidation sites excluding steroid dienone is 1. The molecule has 1 fully saturated rings. The fourth-order valence-corrected chi connectivity index (χ4v) is 9.61. The van der Waals surface area contributed by atoms with Gasteiger partial charge < -0.3 is 34.2 Å². The number of nitro benzene ring substituents is 1. The van der Waals surface area contributed by atoms with Crippen LogP contribution < -0.4 is 9.47 Å². The Balaban J connectivity index is 1.36. The maximum atomic E-state index is 14.4. The number of benzene rings is 4. The molecule has 7 rings (SSSR count). The Morgan fingerprint density at radius 1 is 0.938 bits per heavy atom. The number of nitrogens with zero attached hydrogens (tertiary/aromatic N) is 3. The fourth-order valence-electron chi connectivity index (χ4n) is 9.61. The number of carbonyl (C=O) groups excluding carboxylic acids is 1. The zero-order valence-corrected chi connectivity index (χ0v) is 37.8. The number of non-ortho nitro benzene ring substituents is 1. The van der Waals surface area contributed by atoms with Gasteiger partial charge in [0.25, 0.3) is 5.69 Å². The average molecular weight is 884 g/mol. The largest absolute Gasteiger partial charge is 0.459 e. The van der Waals surface area contributed by atoms with Gasteiger partial charge in [-0.25, -0.2) is 0 Å². The van der Waals surface area contributed by atoms with Crippen LogP contribution in [0.25, 0.3) is 17.2 Å². The van der Waals surface area contributed by atoms with Crippen LogP contribution in [0.15, 0.2) is 133 Å². The van der Waals surface area contributed by atoms with E-state index in [9.17, 15) is 25.1 Å². The van der Waals surface area contributed by atoms with Crippen LogP contribution >= 0.6 is 0 Å². The standard InChI is InChI=1S/C53H61N3O9/c1-6-32-62-53-48(55(5)49(59)29-20-36-18-23-40(24-19-36)56(60)61)35-46(54-65-52(2,3)4)44-33-39(16-10-12-30-57)43(17-11-13-31-58)50(51(44)53)45-34-42(27-28-47(45)64-53)63-41-25-21-38(22-26-41)37-14-8-7-9-15-37/h6-9,14-15,18-29,33-34,39,43,48,50-51,57-58H,1,10-13,16-17,30-32,35H2,2-5H3/t39-,43+,48-,50+,51+,53+/m0/s1. The number of amides is 1. The molecule has 4 aromatic rings. The van der Waals surface area contributed by atoms with E-state index >= 15 is 0 Å². The number of nitro groups is 1. The first-order valence-corrected chi connectivity index (χ1v) is 22.6. The minimum absolute atomic E-state index is 0.0373. The highest BCUT2D eigenvalue weighted by molar-refractivity contribution is 6.03. The molecule has 12 nitrogen and oxygen atoms in total. The van der Waals surface area contributed by atoms with Gasteiger partial charge in [-0.05, 0) is 129 Å². The number of oxime groups is 1. The summed E-state index contributed by atoms with van der Waals surface area (Å²) in [7, 11) is 1.73. The molecule has 0 radical (unpaired) electrons. The highest BCUT2D eigenvalue weighted by atomic mass is 16.7. The van der Waals surface area contributed by atoms with Crippen molar-refractivity contribution in [2.45, 2.75) is 89.1 Å². The maximum absolute atomic E-state index is 14.4. The zero-order chi connectivity index (χ0) is 46.1. The van der Waals surface area contributed by atoms with Gasteiger partial charge in [0.1, 0.15) is 28.9 Å². The van der Waals surface area contributed by atoms with Crippen LogP contribution in [0.5, 0.6) is 17.2 Å². The van der Waals surface area contributed by atoms with E-state index in [1.54, 1.807) is 36.2 Å². The number of rotatable bonds is 19. The lowest BCUT2D eigenvalue weighted by atomic mass is 9.55. The van der Waals surface area contributed by atoms with Crippen LogP contribution in [-0.2, 0) is 14.4 Å². The molecule has 2 N–H and O–H groups in total. The lowest BCUT2D eigenvalue weighted by Gasteiger charge is -2.59. The molecule has 342 valence electrons. The molecule has 6 atom stereocenters. The summed E-state index contributed by atoms with van der Waals surface area (Å²) in [5, 5.41) is 36.1. The Labute approximate surface area is 382 Å². The molecule has 0 unspecified atom stereocenters. The number of hydrogen-bond donors (Lipinski definition) is 2. The fraction of sp³-hybridized carbons (Fsp3) is 0.396. The minimum atomic E-state index is -1.43. The molecular weight excluding hydrogens is 823 g/mol. The highest BCUT2D eigenvalue weighted by Gasteiger charge is 2.65. The Morgan fingerprint density at radius 2 is 1.62 bits per heavy atom. The zero-order valence-electron chi connectivity index (χ0n) is 37.8. The van der Waals surface area contributed by atoms with Gasteiger partial charge in [0.2, 0.25) is 11.7 Å². The van der Waals surface area contributed by atoms with Crippen LogP contribution in [0.3, 0.4) is 0 Å². The Kier molecular flexibility index (Phi) is 15.0. The van der Waals surface area contributed by atoms with Crippen LogP contribution in [0.1, 0.15) is 82.8 Å². The van der Waals surface area contributed by atoms with Crippen molar-refractivity contribution in [1.29, 1.82) is 0 Å². The van der Waals surface area contributed by atoms with Crippen molar-refractivity contribution in [2.75, 3.05) is 26.9 Å². The SMILES string of the molecule is C=CCO[C@@]12Oc3ccc(Oc4ccc(-c5ccccc5)cc4)cc3[C@H]3[C@H](CCCCO)[C@@H](CCCCO)C=C(C(=NOC(C)(C)C)C[C@@H]1N(C)C(=O)C=Cc1ccc([N+](=O)[O-])cc1)[C@H]32. The number of likely N-dealkylation sites (N-methyl/N-ethyl adjacent to an activating group) is 1. The average Bonchev–Trinajstić information content (AvgIpc) is 3.30. The minimum Gasteiger partial charge on any atom is -0.459 e. The number of aliphatic hydroxyl groups is 2. The van der Waals surface area contributed by atoms with Crippen LogP contribution in [0.4, 0.5) is 5.69 Å². The van der Waals surface area contributed by atoms with Crippen molar-refractivity contribution in [3.8, 4) is 28.4 Å². The summed E-state index contributed by atoms with van der Waals surface area (Å²) < 4.78 is 20.9. The summed E-state index contributed by atoms with van der Waals surface area (Å²) in [4.78, 5) is 33.1. The molecule has 3 aliphatic rings. The van der Waals surface area contributed by atoms with Crippen LogP contribution in [-0.4, -0.2) is 76.0 Å². The molecule has 4 aromatic carbocycles. The third-order valence-corrected chi connectivity index (χ3v) is 12.6. The van der Waals surface area contributed by atoms with E-state index < -0.39 is 28.3 Å². The molecular formula is C53H61N3O9. The number of hydrogen-bond acceptors (Lipinski definition) is 10. The van der Waals surface area contributed by atoms with Gasteiger partial charge in [-0.3, -0.25) is 14.9 Å². The predicted molar refractivity (Wildman–Crippen MR) is 253 cm³/mol. The van der Waals surface area contributed by atoms with E-state index in [4.69, 9.17) is 24.2 Å². The van der Waals surface area contributed by atoms with Crippen molar-refractivity contribution in [3.63, 3.8) is 0 Å². The summed E-state index contributed by atoms with van der Waals surface area (Å²) in [6, 6.07) is 29.4. The van der Waals surface area contributed by atoms with Gasteiger partial charge >= 0.3 is 0 Å². The molecule has 0 aromatic heterocycles. The summed E-state index contributed by atoms with van der Waals surface area (Å²) in [6.07, 6.45) is 11.9. The summed E-state index contributed by atoms with van der Waals surface area (Å²) in [5.41, 5.74) is 4.73. The quantitative estimate of drug-likeness (QED) is 0.0308. The van der Waals surface area contributed by atoms with Gasteiger partial charge in [0.15, 0.2) is 0 Å². The highest BCUT2D eigenvalue weighted by Crippen LogP contribution is 2.62. The van der Waals surface area contributed by atoms with Gasteiger partial charge in [0, 0.05) is 56.4 Å². The number of carbonyl (C=O) groups is 1. The van der Waals surface area contributed by atoms with Gasteiger partial charge in [-0.15, -0.1) is 6.58 Å². The van der Waals surface area contributed by atoms with E-state index in [-0.39, 0.29) is 55.6 Å². The Hall–Kier alpha value is -6.08. The second kappa shape index (κ2) is 20.8. The summed E-state index contributed by atoms with van der Waals surface area (Å²) in [6.45, 7) is 10.1. The molecule has 0 spiro atoms. The molecule has 1 aliphatic heterocycles. The lowest BCUT2D eigenvalue weighted by molar-refractivity contribution is -0.384. The Morgan fingerprint density at radius 3 is 2.28 bits per heavy atom. The van der Waals surface area contributed by atoms with Crippen molar-refractivity contribution < 1.29 is 39.0 Å². The number of ether oxygens (including phenoxy) is 3. The molecule has 1 heterocycles. The maximum Gasteiger partial charge on any atom is 0.269 e. The van der Waals surface area contributed by atoms with Crippen molar-refractivity contribution in [3.05, 3.63) is 149 Å². The number of aliphatic hydroxyl groups excluding tert-OH is 2. The number of fused-ring (bicyclic) bond motifs is 2. The predicted octanol–water partition coefficient (Wildman–Crippen LogP) is 10.7. The van der Waals surface area contributed by atoms with E-state index in [0.29, 0.717) is 41.4 Å². The van der Waals surface area contributed by atoms with Gasteiger partial charge in [0.05, 0.1) is 23.2 Å². The molecule has 0 bridgehead atoms. The molecule has 0 saturated heterocycles. The van der Waals surface area contributed by atoms with Crippen molar-refractivity contribution in [1.82, 2.24) is 4.90 Å². The van der Waals surface area contributed by atoms with Gasteiger partial charge in [-0.2, -0.15) is 0 Å². The second-order valence-electron chi connectivity index (χ2n) is 18.1. The van der Waals surface area contributed by atoms with E-state index in [2.05, 4.69) is 30.9 Å². The number of unbranched alkanes of at least 4 members (excludes halogenated alkanes) is 2. The molecule has 2 aliphatic carbocycles. The second-order valence-corrected chi connectivity index (χ2v) is 18.1. The van der Waals surface area contributed by atoms with Crippen molar-refractivity contribution >= 4 is 23.4 Å². The first-order valence-electron chi connectivity index (χ1n) is 22.6. The third-order valence-electron chi connectivity index (χ3n) is 12.6. The van der Waals surface area contributed by atoms with Crippen LogP contribution in [0.2, 0.25) is 0 Å². The monoisotopic (exact) mass is 883 g/mol. The summed E-state index contributed by atoms with van der Waals surface area (Å²) >= 11 is 0. The van der Waals surface area contributed by atoms with E-state index in [1.165, 1.54) is 18.2 Å². The van der Waals surface area contributed by atoms with E-state index in [0.717, 1.165) is 47.9 Å². The summed E-state index contributed by atoms with van der Waals surface area (Å²) in [5.74, 6) is -0.431.